The Morgan fingerprint density at radius 3 is 2.74 bits per heavy atom. The normalized spacial score (nSPS) is 19.1. The average Bonchev–Trinajstić information content (AvgIpc) is 3.19. The number of fused-ring (bicyclic) bond motifs is 1. The quantitative estimate of drug-likeness (QED) is 0.482. The van der Waals surface area contributed by atoms with Crippen molar-refractivity contribution in [1.29, 1.82) is 0 Å². The molecule has 0 N–H and O–H groups in total. The Morgan fingerprint density at radius 1 is 1.10 bits per heavy atom. The first-order valence-corrected chi connectivity index (χ1v) is 10.2. The molecule has 3 aromatic heterocycles. The van der Waals surface area contributed by atoms with Crippen LogP contribution in [0.15, 0.2) is 42.7 Å². The molecule has 2 atom stereocenters. The minimum Gasteiger partial charge on any atom is -0.373 e. The lowest BCUT2D eigenvalue weighted by Crippen LogP contribution is -2.20. The smallest absolute Gasteiger partial charge is 0.163 e. The van der Waals surface area contributed by atoms with E-state index in [0.717, 1.165) is 23.7 Å². The van der Waals surface area contributed by atoms with Crippen LogP contribution in [0, 0.1) is 18.6 Å². The summed E-state index contributed by atoms with van der Waals surface area (Å²) in [6.45, 7) is 2.44. The molecule has 8 heteroatoms. The molecule has 0 bridgehead atoms. The number of aryl methyl sites for hydroxylation is 2. The van der Waals surface area contributed by atoms with Gasteiger partial charge in [-0.25, -0.2) is 23.7 Å². The summed E-state index contributed by atoms with van der Waals surface area (Å²) in [6, 6.07) is 7.20. The van der Waals surface area contributed by atoms with Crippen LogP contribution >= 0.6 is 0 Å². The first-order chi connectivity index (χ1) is 15.0. The lowest BCUT2D eigenvalue weighted by Gasteiger charge is -2.28. The molecular formula is C23H21F2N5O. The zero-order valence-corrected chi connectivity index (χ0v) is 17.2. The van der Waals surface area contributed by atoms with Gasteiger partial charge in [0.25, 0.3) is 0 Å². The van der Waals surface area contributed by atoms with Crippen LogP contribution < -0.4 is 0 Å². The van der Waals surface area contributed by atoms with E-state index < -0.39 is 11.6 Å². The van der Waals surface area contributed by atoms with E-state index in [2.05, 4.69) is 10.1 Å². The molecule has 1 aromatic carbocycles. The molecule has 0 amide bonds. The van der Waals surface area contributed by atoms with Gasteiger partial charge in [0.05, 0.1) is 18.0 Å². The number of benzene rings is 1. The van der Waals surface area contributed by atoms with Crippen molar-refractivity contribution >= 4 is 11.0 Å². The van der Waals surface area contributed by atoms with Gasteiger partial charge in [0.15, 0.2) is 5.65 Å². The number of rotatable bonds is 3. The zero-order chi connectivity index (χ0) is 21.5. The van der Waals surface area contributed by atoms with E-state index in [-0.39, 0.29) is 17.6 Å². The van der Waals surface area contributed by atoms with E-state index in [1.165, 1.54) is 12.1 Å². The van der Waals surface area contributed by atoms with E-state index in [0.29, 0.717) is 35.6 Å². The van der Waals surface area contributed by atoms with Crippen LogP contribution in [0.5, 0.6) is 0 Å². The highest BCUT2D eigenvalue weighted by molar-refractivity contribution is 5.90. The van der Waals surface area contributed by atoms with E-state index >= 15 is 0 Å². The first-order valence-electron chi connectivity index (χ1n) is 10.2. The fourth-order valence-electron chi connectivity index (χ4n) is 4.06. The van der Waals surface area contributed by atoms with Crippen molar-refractivity contribution in [3.8, 4) is 11.3 Å². The third kappa shape index (κ3) is 3.79. The zero-order valence-electron chi connectivity index (χ0n) is 17.2. The molecular weight excluding hydrogens is 400 g/mol. The number of pyridine rings is 1. The molecule has 1 aliphatic heterocycles. The molecule has 1 aliphatic rings. The predicted octanol–water partition coefficient (Wildman–Crippen LogP) is 4.65. The number of hydrogen-bond donors (Lipinski definition) is 0. The van der Waals surface area contributed by atoms with Crippen molar-refractivity contribution in [2.45, 2.75) is 31.8 Å². The van der Waals surface area contributed by atoms with Crippen LogP contribution in [0.4, 0.5) is 8.78 Å². The maximum absolute atomic E-state index is 14.7. The van der Waals surface area contributed by atoms with Crippen LogP contribution in [-0.4, -0.2) is 31.3 Å². The standard InChI is InChI=1S/C23H21F2N5O/c1-13-3-5-18-21(17-6-4-16(24)10-19(17)25)28-22(29-23(18)27-13)14-7-8-31-20(9-14)15-11-26-30(2)12-15/h3-6,10-12,14,20H,7-9H2,1-2H3/t14-,20+/m1/s1. The lowest BCUT2D eigenvalue weighted by molar-refractivity contribution is 0.00398. The molecule has 6 nitrogen and oxygen atoms in total. The monoisotopic (exact) mass is 421 g/mol. The topological polar surface area (TPSA) is 65.7 Å². The largest absolute Gasteiger partial charge is 0.373 e. The van der Waals surface area contributed by atoms with Crippen molar-refractivity contribution in [1.82, 2.24) is 24.7 Å². The van der Waals surface area contributed by atoms with Crippen molar-refractivity contribution in [3.63, 3.8) is 0 Å². The second kappa shape index (κ2) is 7.77. The summed E-state index contributed by atoms with van der Waals surface area (Å²) in [4.78, 5) is 14.0. The molecule has 0 spiro atoms. The predicted molar refractivity (Wildman–Crippen MR) is 111 cm³/mol. The summed E-state index contributed by atoms with van der Waals surface area (Å²) in [7, 11) is 1.87. The first kappa shape index (κ1) is 19.7. The Labute approximate surface area is 177 Å². The minimum atomic E-state index is -0.660. The maximum Gasteiger partial charge on any atom is 0.163 e. The molecule has 1 saturated heterocycles. The van der Waals surface area contributed by atoms with Crippen LogP contribution in [0.3, 0.4) is 0 Å². The van der Waals surface area contributed by atoms with Crippen molar-refractivity contribution in [2.24, 2.45) is 7.05 Å². The number of nitrogens with zero attached hydrogens (tertiary/aromatic N) is 5. The second-order valence-electron chi connectivity index (χ2n) is 7.91. The SMILES string of the molecule is Cc1ccc2c(-c3ccc(F)cc3F)nc([C@@H]3CCO[C@H](c4cnn(C)c4)C3)nc2n1. The molecule has 158 valence electrons. The average molecular weight is 421 g/mol. The van der Waals surface area contributed by atoms with Crippen LogP contribution in [0.1, 0.15) is 41.9 Å². The molecule has 0 unspecified atom stereocenters. The Morgan fingerprint density at radius 2 is 1.97 bits per heavy atom. The summed E-state index contributed by atoms with van der Waals surface area (Å²) >= 11 is 0. The number of aromatic nitrogens is 5. The highest BCUT2D eigenvalue weighted by Crippen LogP contribution is 2.38. The van der Waals surface area contributed by atoms with Crippen molar-refractivity contribution < 1.29 is 13.5 Å². The van der Waals surface area contributed by atoms with E-state index in [1.54, 1.807) is 10.9 Å². The van der Waals surface area contributed by atoms with Gasteiger partial charge in [-0.1, -0.05) is 0 Å². The van der Waals surface area contributed by atoms with Crippen molar-refractivity contribution in [2.75, 3.05) is 6.61 Å². The van der Waals surface area contributed by atoms with Gasteiger partial charge in [0, 0.05) is 54.0 Å². The fraction of sp³-hybridized carbons (Fsp3) is 0.304. The Hall–Kier alpha value is -3.26. The summed E-state index contributed by atoms with van der Waals surface area (Å²) in [5.74, 6) is -0.668. The minimum absolute atomic E-state index is 0.0212. The lowest BCUT2D eigenvalue weighted by atomic mass is 9.92. The molecule has 4 heterocycles. The van der Waals surface area contributed by atoms with Gasteiger partial charge in [-0.15, -0.1) is 0 Å². The van der Waals surface area contributed by atoms with E-state index in [9.17, 15) is 8.78 Å². The van der Waals surface area contributed by atoms with Gasteiger partial charge in [0.2, 0.25) is 0 Å². The summed E-state index contributed by atoms with van der Waals surface area (Å²) < 4.78 is 35.9. The van der Waals surface area contributed by atoms with Gasteiger partial charge in [0.1, 0.15) is 17.5 Å². The van der Waals surface area contributed by atoms with Gasteiger partial charge in [-0.2, -0.15) is 5.10 Å². The molecule has 0 radical (unpaired) electrons. The molecule has 5 rings (SSSR count). The molecule has 31 heavy (non-hydrogen) atoms. The Balaban J connectivity index is 1.60. The van der Waals surface area contributed by atoms with Gasteiger partial charge >= 0.3 is 0 Å². The Bertz CT molecular complexity index is 1270. The van der Waals surface area contributed by atoms with Gasteiger partial charge < -0.3 is 4.74 Å². The van der Waals surface area contributed by atoms with Crippen molar-refractivity contribution in [3.05, 3.63) is 71.4 Å². The third-order valence-electron chi connectivity index (χ3n) is 5.65. The van der Waals surface area contributed by atoms with Crippen LogP contribution in [0.2, 0.25) is 0 Å². The van der Waals surface area contributed by atoms with Crippen LogP contribution in [0.25, 0.3) is 22.3 Å². The van der Waals surface area contributed by atoms with Gasteiger partial charge in [-0.05, 0) is 44.0 Å². The highest BCUT2D eigenvalue weighted by atomic mass is 19.1. The van der Waals surface area contributed by atoms with Crippen LogP contribution in [-0.2, 0) is 11.8 Å². The van der Waals surface area contributed by atoms with E-state index in [1.807, 2.05) is 32.3 Å². The number of ether oxygens (including phenoxy) is 1. The maximum atomic E-state index is 14.7. The number of halogens is 2. The fourth-order valence-corrected chi connectivity index (χ4v) is 4.06. The molecule has 4 aromatic rings. The summed E-state index contributed by atoms with van der Waals surface area (Å²) in [5, 5.41) is 4.87. The summed E-state index contributed by atoms with van der Waals surface area (Å²) in [5.41, 5.74) is 2.98. The van der Waals surface area contributed by atoms with E-state index in [4.69, 9.17) is 14.7 Å². The molecule has 0 saturated carbocycles. The second-order valence-corrected chi connectivity index (χ2v) is 7.91. The highest BCUT2D eigenvalue weighted by Gasteiger charge is 2.29. The molecule has 0 aliphatic carbocycles. The third-order valence-corrected chi connectivity index (χ3v) is 5.65. The molecule has 1 fully saturated rings. The van der Waals surface area contributed by atoms with Gasteiger partial charge in [-0.3, -0.25) is 4.68 Å². The number of hydrogen-bond acceptors (Lipinski definition) is 5. The Kier molecular flexibility index (Phi) is 4.94. The summed E-state index contributed by atoms with van der Waals surface area (Å²) in [6.07, 6.45) is 5.08.